The highest BCUT2D eigenvalue weighted by Crippen LogP contribution is 2.38. The summed E-state index contributed by atoms with van der Waals surface area (Å²) in [5.74, 6) is 1.69. The van der Waals surface area contributed by atoms with Gasteiger partial charge in [0.25, 0.3) is 0 Å². The largest absolute Gasteiger partial charge is 0.357 e. The van der Waals surface area contributed by atoms with Crippen LogP contribution in [0.2, 0.25) is 0 Å². The molecule has 3 aromatic rings. The van der Waals surface area contributed by atoms with Crippen molar-refractivity contribution in [1.29, 1.82) is 0 Å². The lowest BCUT2D eigenvalue weighted by Gasteiger charge is -2.27. The minimum Gasteiger partial charge on any atom is -0.357 e. The van der Waals surface area contributed by atoms with E-state index in [1.807, 2.05) is 0 Å². The van der Waals surface area contributed by atoms with Crippen LogP contribution in [-0.4, -0.2) is 26.4 Å². The number of para-hydroxylation sites is 1. The Balaban J connectivity index is 1.37. The van der Waals surface area contributed by atoms with Crippen LogP contribution in [0.5, 0.6) is 0 Å². The first kappa shape index (κ1) is 13.3. The zero-order valence-electron chi connectivity index (χ0n) is 13.1. The second-order valence-corrected chi connectivity index (χ2v) is 6.82. The molecule has 4 heteroatoms. The van der Waals surface area contributed by atoms with E-state index in [-0.39, 0.29) is 0 Å². The van der Waals surface area contributed by atoms with Crippen LogP contribution in [0.15, 0.2) is 36.5 Å². The molecule has 3 heterocycles. The third kappa shape index (κ3) is 2.53. The lowest BCUT2D eigenvalue weighted by atomic mass is 10.1. The first-order chi connectivity index (χ1) is 11.3. The summed E-state index contributed by atoms with van der Waals surface area (Å²) in [4.78, 5) is 15.4. The molecule has 2 aromatic heterocycles. The Hall–Kier alpha value is -2.20. The van der Waals surface area contributed by atoms with Crippen molar-refractivity contribution in [2.75, 3.05) is 6.54 Å². The Kier molecular flexibility index (Phi) is 2.98. The van der Waals surface area contributed by atoms with E-state index < -0.39 is 0 Å². The standard InChI is InChI=1S/C19H20N4/c1-2-4-17-14(3-1)9-16(21-17)11-23-8-7-15-10-20-19(13-5-6-13)22-18(15)12-23/h1-4,9-10,13,21H,5-8,11-12H2. The number of aromatic amines is 1. The number of hydrogen-bond acceptors (Lipinski definition) is 3. The van der Waals surface area contributed by atoms with Crippen LogP contribution < -0.4 is 0 Å². The van der Waals surface area contributed by atoms with E-state index in [4.69, 9.17) is 4.98 Å². The molecule has 4 nitrogen and oxygen atoms in total. The van der Waals surface area contributed by atoms with Crippen molar-refractivity contribution < 1.29 is 0 Å². The van der Waals surface area contributed by atoms with Gasteiger partial charge < -0.3 is 4.98 Å². The monoisotopic (exact) mass is 304 g/mol. The first-order valence-corrected chi connectivity index (χ1v) is 8.49. The smallest absolute Gasteiger partial charge is 0.131 e. The number of nitrogens with zero attached hydrogens (tertiary/aromatic N) is 3. The maximum Gasteiger partial charge on any atom is 0.131 e. The van der Waals surface area contributed by atoms with Gasteiger partial charge in [0, 0.05) is 43.0 Å². The lowest BCUT2D eigenvalue weighted by Crippen LogP contribution is -2.31. The fraction of sp³-hybridized carbons (Fsp3) is 0.368. The van der Waals surface area contributed by atoms with Crippen LogP contribution in [0.3, 0.4) is 0 Å². The zero-order chi connectivity index (χ0) is 15.2. The highest BCUT2D eigenvalue weighted by atomic mass is 15.1. The Bertz CT molecular complexity index is 830. The van der Waals surface area contributed by atoms with E-state index in [0.29, 0.717) is 5.92 Å². The Labute approximate surface area is 135 Å². The molecule has 0 bridgehead atoms. The minimum absolute atomic E-state index is 0.629. The predicted octanol–water partition coefficient (Wildman–Crippen LogP) is 3.39. The molecule has 5 rings (SSSR count). The zero-order valence-corrected chi connectivity index (χ0v) is 13.1. The summed E-state index contributed by atoms with van der Waals surface area (Å²) in [6.07, 6.45) is 5.64. The molecule has 0 saturated heterocycles. The molecule has 1 aromatic carbocycles. The van der Waals surface area contributed by atoms with Crippen molar-refractivity contribution in [3.05, 3.63) is 59.3 Å². The molecule has 1 aliphatic carbocycles. The van der Waals surface area contributed by atoms with E-state index in [1.54, 1.807) is 0 Å². The van der Waals surface area contributed by atoms with Crippen LogP contribution in [0, 0.1) is 0 Å². The molecule has 116 valence electrons. The molecule has 0 atom stereocenters. The average Bonchev–Trinajstić information content (AvgIpc) is 3.34. The maximum atomic E-state index is 4.85. The molecule has 2 aliphatic rings. The lowest BCUT2D eigenvalue weighted by molar-refractivity contribution is 0.238. The summed E-state index contributed by atoms with van der Waals surface area (Å²) < 4.78 is 0. The topological polar surface area (TPSA) is 44.8 Å². The third-order valence-corrected chi connectivity index (χ3v) is 4.97. The minimum atomic E-state index is 0.629. The number of benzene rings is 1. The average molecular weight is 304 g/mol. The molecule has 23 heavy (non-hydrogen) atoms. The summed E-state index contributed by atoms with van der Waals surface area (Å²) in [6.45, 7) is 2.97. The van der Waals surface area contributed by atoms with Crippen molar-refractivity contribution in [3.63, 3.8) is 0 Å². The predicted molar refractivity (Wildman–Crippen MR) is 90.1 cm³/mol. The fourth-order valence-electron chi connectivity index (χ4n) is 3.51. The molecule has 0 spiro atoms. The summed E-state index contributed by atoms with van der Waals surface area (Å²) >= 11 is 0. The van der Waals surface area contributed by atoms with Crippen molar-refractivity contribution in [2.45, 2.75) is 38.3 Å². The summed E-state index contributed by atoms with van der Waals surface area (Å²) in [5, 5.41) is 1.29. The van der Waals surface area contributed by atoms with Crippen LogP contribution in [0.1, 0.15) is 41.5 Å². The van der Waals surface area contributed by atoms with E-state index >= 15 is 0 Å². The number of rotatable bonds is 3. The van der Waals surface area contributed by atoms with Crippen molar-refractivity contribution in [2.24, 2.45) is 0 Å². The van der Waals surface area contributed by atoms with Gasteiger partial charge in [0.05, 0.1) is 5.69 Å². The van der Waals surface area contributed by atoms with E-state index in [2.05, 4.69) is 51.4 Å². The quantitative estimate of drug-likeness (QED) is 0.806. The second-order valence-electron chi connectivity index (χ2n) is 6.82. The molecular formula is C19H20N4. The van der Waals surface area contributed by atoms with E-state index in [1.165, 1.54) is 40.7 Å². The van der Waals surface area contributed by atoms with Gasteiger partial charge in [0.2, 0.25) is 0 Å². The van der Waals surface area contributed by atoms with Gasteiger partial charge in [-0.05, 0) is 42.3 Å². The molecular weight excluding hydrogens is 284 g/mol. The normalized spacial score (nSPS) is 18.3. The van der Waals surface area contributed by atoms with Crippen molar-refractivity contribution >= 4 is 10.9 Å². The van der Waals surface area contributed by atoms with Crippen molar-refractivity contribution in [1.82, 2.24) is 19.9 Å². The number of H-pyrrole nitrogens is 1. The van der Waals surface area contributed by atoms with E-state index in [0.717, 1.165) is 31.9 Å². The SMILES string of the molecule is c1ccc2[nH]c(CN3CCc4cnc(C5CC5)nc4C3)cc2c1. The van der Waals surface area contributed by atoms with Gasteiger partial charge in [-0.1, -0.05) is 18.2 Å². The summed E-state index contributed by atoms with van der Waals surface area (Å²) in [6, 6.07) is 10.7. The van der Waals surface area contributed by atoms with Gasteiger partial charge in [-0.15, -0.1) is 0 Å². The Morgan fingerprint density at radius 1 is 1.22 bits per heavy atom. The number of fused-ring (bicyclic) bond motifs is 2. The van der Waals surface area contributed by atoms with Crippen molar-refractivity contribution in [3.8, 4) is 0 Å². The molecule has 1 saturated carbocycles. The number of aromatic nitrogens is 3. The Morgan fingerprint density at radius 3 is 3.00 bits per heavy atom. The van der Waals surface area contributed by atoms with Gasteiger partial charge in [0.15, 0.2) is 0 Å². The highest BCUT2D eigenvalue weighted by Gasteiger charge is 2.28. The van der Waals surface area contributed by atoms with Crippen LogP contribution in [-0.2, 0) is 19.5 Å². The summed E-state index contributed by atoms with van der Waals surface area (Å²) in [5.41, 5.74) is 5.08. The molecule has 0 amide bonds. The highest BCUT2D eigenvalue weighted by molar-refractivity contribution is 5.80. The second kappa shape index (κ2) is 5.17. The summed E-state index contributed by atoms with van der Waals surface area (Å²) in [7, 11) is 0. The molecule has 1 aliphatic heterocycles. The van der Waals surface area contributed by atoms with Gasteiger partial charge >= 0.3 is 0 Å². The van der Waals surface area contributed by atoms with Crippen LogP contribution in [0.4, 0.5) is 0 Å². The van der Waals surface area contributed by atoms with Gasteiger partial charge in [-0.2, -0.15) is 0 Å². The molecule has 0 unspecified atom stereocenters. The van der Waals surface area contributed by atoms with Gasteiger partial charge in [0.1, 0.15) is 5.82 Å². The number of hydrogen-bond donors (Lipinski definition) is 1. The third-order valence-electron chi connectivity index (χ3n) is 4.97. The Morgan fingerprint density at radius 2 is 2.13 bits per heavy atom. The van der Waals surface area contributed by atoms with Crippen LogP contribution >= 0.6 is 0 Å². The van der Waals surface area contributed by atoms with Gasteiger partial charge in [-0.3, -0.25) is 4.90 Å². The first-order valence-electron chi connectivity index (χ1n) is 8.49. The van der Waals surface area contributed by atoms with E-state index in [9.17, 15) is 0 Å². The maximum absolute atomic E-state index is 4.85. The number of nitrogens with one attached hydrogen (secondary N) is 1. The molecule has 1 N–H and O–H groups in total. The van der Waals surface area contributed by atoms with Gasteiger partial charge in [-0.25, -0.2) is 9.97 Å². The molecule has 1 fully saturated rings. The fourth-order valence-corrected chi connectivity index (χ4v) is 3.51. The molecule has 0 radical (unpaired) electrons. The van der Waals surface area contributed by atoms with Crippen LogP contribution in [0.25, 0.3) is 10.9 Å².